The minimum atomic E-state index is -0.565. The van der Waals surface area contributed by atoms with E-state index in [-0.39, 0.29) is 46.4 Å². The maximum Gasteiger partial charge on any atom is 0.294 e. The van der Waals surface area contributed by atoms with Crippen molar-refractivity contribution in [3.8, 4) is 11.5 Å². The van der Waals surface area contributed by atoms with Crippen LogP contribution >= 0.6 is 23.4 Å². The number of anilines is 1. The maximum absolute atomic E-state index is 12.9. The fourth-order valence-electron chi connectivity index (χ4n) is 3.86. The first-order valence-electron chi connectivity index (χ1n) is 11.7. The molecular formula is C26H26ClN3O7S. The van der Waals surface area contributed by atoms with Gasteiger partial charge in [0.05, 0.1) is 30.3 Å². The molecule has 2 saturated heterocycles. The zero-order valence-corrected chi connectivity index (χ0v) is 22.4. The van der Waals surface area contributed by atoms with Gasteiger partial charge in [-0.05, 0) is 60.2 Å². The van der Waals surface area contributed by atoms with Crippen LogP contribution in [0.4, 0.5) is 10.5 Å². The number of amides is 4. The Morgan fingerprint density at radius 3 is 2.66 bits per heavy atom. The van der Waals surface area contributed by atoms with E-state index in [9.17, 15) is 19.2 Å². The van der Waals surface area contributed by atoms with Gasteiger partial charge in [0.15, 0.2) is 18.1 Å². The molecule has 2 aromatic rings. The molecule has 0 aliphatic carbocycles. The molecule has 12 heteroatoms. The predicted octanol–water partition coefficient (Wildman–Crippen LogP) is 3.57. The van der Waals surface area contributed by atoms with E-state index >= 15 is 0 Å². The molecule has 38 heavy (non-hydrogen) atoms. The van der Waals surface area contributed by atoms with Crippen molar-refractivity contribution in [2.24, 2.45) is 0 Å². The highest BCUT2D eigenvalue weighted by atomic mass is 35.5. The van der Waals surface area contributed by atoms with Crippen LogP contribution in [0.15, 0.2) is 41.3 Å². The van der Waals surface area contributed by atoms with E-state index in [0.29, 0.717) is 37.6 Å². The topological polar surface area (TPSA) is 114 Å². The smallest absolute Gasteiger partial charge is 0.294 e. The highest BCUT2D eigenvalue weighted by molar-refractivity contribution is 8.18. The number of ether oxygens (including phenoxy) is 3. The number of nitrogens with zero attached hydrogens (tertiary/aromatic N) is 2. The third-order valence-electron chi connectivity index (χ3n) is 5.73. The average Bonchev–Trinajstić information content (AvgIpc) is 3.15. The molecule has 200 valence electrons. The number of hydrogen-bond donors (Lipinski definition) is 1. The van der Waals surface area contributed by atoms with Crippen LogP contribution in [0.25, 0.3) is 6.08 Å². The van der Waals surface area contributed by atoms with Gasteiger partial charge in [0.1, 0.15) is 6.54 Å². The van der Waals surface area contributed by atoms with Crippen LogP contribution < -0.4 is 14.8 Å². The summed E-state index contributed by atoms with van der Waals surface area (Å²) in [6.07, 6.45) is 1.49. The van der Waals surface area contributed by atoms with Crippen LogP contribution in [0.2, 0.25) is 5.02 Å². The number of benzene rings is 2. The molecule has 0 atom stereocenters. The van der Waals surface area contributed by atoms with Crippen LogP contribution in [0.3, 0.4) is 0 Å². The first-order chi connectivity index (χ1) is 18.2. The quantitative estimate of drug-likeness (QED) is 0.488. The van der Waals surface area contributed by atoms with Gasteiger partial charge in [-0.15, -0.1) is 0 Å². The van der Waals surface area contributed by atoms with Gasteiger partial charge in [0, 0.05) is 18.8 Å². The third kappa shape index (κ3) is 6.66. The van der Waals surface area contributed by atoms with E-state index in [1.165, 1.54) is 19.3 Å². The lowest BCUT2D eigenvalue weighted by molar-refractivity contribution is -0.139. The molecule has 0 bridgehead atoms. The van der Waals surface area contributed by atoms with Crippen LogP contribution in [-0.2, 0) is 19.1 Å². The largest absolute Gasteiger partial charge is 0.493 e. The second kappa shape index (κ2) is 12.3. The van der Waals surface area contributed by atoms with Gasteiger partial charge in [0.25, 0.3) is 17.1 Å². The van der Waals surface area contributed by atoms with Crippen molar-refractivity contribution in [1.29, 1.82) is 0 Å². The Kier molecular flexibility index (Phi) is 8.93. The number of thioether (sulfide) groups is 1. The van der Waals surface area contributed by atoms with Crippen LogP contribution in [0.1, 0.15) is 11.1 Å². The summed E-state index contributed by atoms with van der Waals surface area (Å²) in [6, 6.07) is 10.5. The maximum atomic E-state index is 12.9. The number of carbonyl (C=O) groups is 4. The first kappa shape index (κ1) is 27.5. The second-order valence-electron chi connectivity index (χ2n) is 8.50. The molecule has 4 amide bonds. The van der Waals surface area contributed by atoms with E-state index in [4.69, 9.17) is 25.8 Å². The molecule has 10 nitrogen and oxygen atoms in total. The Morgan fingerprint density at radius 1 is 1.18 bits per heavy atom. The van der Waals surface area contributed by atoms with Gasteiger partial charge in [-0.3, -0.25) is 24.1 Å². The number of morpholine rings is 1. The summed E-state index contributed by atoms with van der Waals surface area (Å²) in [5.41, 5.74) is 2.13. The SMILES string of the molecule is COc1cc(/C=C2\SC(=O)N(CC(=O)N3CCOCC3)C2=O)cc(Cl)c1OCC(=O)Nc1cccc(C)c1. The molecule has 2 aliphatic heterocycles. The molecule has 4 rings (SSSR count). The number of rotatable bonds is 8. The van der Waals surface area contributed by atoms with Crippen molar-refractivity contribution in [1.82, 2.24) is 9.80 Å². The minimum absolute atomic E-state index is 0.147. The van der Waals surface area contributed by atoms with Crippen molar-refractivity contribution in [3.63, 3.8) is 0 Å². The average molecular weight is 560 g/mol. The Bertz CT molecular complexity index is 1290. The Labute approximate surface area is 228 Å². The summed E-state index contributed by atoms with van der Waals surface area (Å²) in [7, 11) is 1.42. The second-order valence-corrected chi connectivity index (χ2v) is 9.90. The summed E-state index contributed by atoms with van der Waals surface area (Å²) in [5.74, 6) is -0.846. The molecule has 0 aromatic heterocycles. The lowest BCUT2D eigenvalue weighted by Gasteiger charge is -2.28. The van der Waals surface area contributed by atoms with Gasteiger partial charge < -0.3 is 24.4 Å². The van der Waals surface area contributed by atoms with Crippen LogP contribution in [0.5, 0.6) is 11.5 Å². The molecule has 0 saturated carbocycles. The summed E-state index contributed by atoms with van der Waals surface area (Å²) >= 11 is 7.16. The zero-order chi connectivity index (χ0) is 27.2. The normalized spacial score (nSPS) is 16.7. The third-order valence-corrected chi connectivity index (χ3v) is 6.92. The number of nitrogens with one attached hydrogen (secondary N) is 1. The molecule has 2 fully saturated rings. The van der Waals surface area contributed by atoms with E-state index in [1.54, 1.807) is 17.0 Å². The van der Waals surface area contributed by atoms with Gasteiger partial charge in [0.2, 0.25) is 5.91 Å². The number of aryl methyl sites for hydroxylation is 1. The van der Waals surface area contributed by atoms with Crippen molar-refractivity contribution in [2.75, 3.05) is 51.9 Å². The van der Waals surface area contributed by atoms with E-state index in [0.717, 1.165) is 22.2 Å². The lowest BCUT2D eigenvalue weighted by Crippen LogP contribution is -2.46. The molecule has 2 heterocycles. The summed E-state index contributed by atoms with van der Waals surface area (Å²) in [5, 5.41) is 2.38. The fraction of sp³-hybridized carbons (Fsp3) is 0.308. The highest BCUT2D eigenvalue weighted by Gasteiger charge is 2.37. The van der Waals surface area contributed by atoms with Gasteiger partial charge in [-0.25, -0.2) is 0 Å². The fourth-order valence-corrected chi connectivity index (χ4v) is 4.97. The number of carbonyl (C=O) groups excluding carboxylic acids is 4. The first-order valence-corrected chi connectivity index (χ1v) is 12.9. The minimum Gasteiger partial charge on any atom is -0.493 e. The molecule has 2 aromatic carbocycles. The van der Waals surface area contributed by atoms with E-state index in [1.807, 2.05) is 25.1 Å². The zero-order valence-electron chi connectivity index (χ0n) is 20.8. The van der Waals surface area contributed by atoms with Gasteiger partial charge >= 0.3 is 0 Å². The number of halogens is 1. The van der Waals surface area contributed by atoms with Gasteiger partial charge in [-0.2, -0.15) is 0 Å². The number of hydrogen-bond acceptors (Lipinski definition) is 8. The van der Waals surface area contributed by atoms with Crippen LogP contribution in [-0.4, -0.2) is 79.3 Å². The Balaban J connectivity index is 1.43. The number of methoxy groups -OCH3 is 1. The molecule has 0 spiro atoms. The molecule has 1 N–H and O–H groups in total. The van der Waals surface area contributed by atoms with Crippen molar-refractivity contribution in [3.05, 3.63) is 57.5 Å². The number of imide groups is 1. The predicted molar refractivity (Wildman–Crippen MR) is 143 cm³/mol. The molecular weight excluding hydrogens is 534 g/mol. The van der Waals surface area contributed by atoms with Crippen molar-refractivity contribution >= 4 is 58.1 Å². The van der Waals surface area contributed by atoms with Gasteiger partial charge in [-0.1, -0.05) is 23.7 Å². The molecule has 0 radical (unpaired) electrons. The van der Waals surface area contributed by atoms with Crippen LogP contribution in [0, 0.1) is 6.92 Å². The van der Waals surface area contributed by atoms with E-state index in [2.05, 4.69) is 5.32 Å². The Hall–Kier alpha value is -3.54. The van der Waals surface area contributed by atoms with Crippen molar-refractivity contribution < 1.29 is 33.4 Å². The molecule has 2 aliphatic rings. The highest BCUT2D eigenvalue weighted by Crippen LogP contribution is 2.39. The summed E-state index contributed by atoms with van der Waals surface area (Å²) in [4.78, 5) is 52.9. The summed E-state index contributed by atoms with van der Waals surface area (Å²) < 4.78 is 16.2. The monoisotopic (exact) mass is 559 g/mol. The Morgan fingerprint density at radius 2 is 1.95 bits per heavy atom. The van der Waals surface area contributed by atoms with Crippen molar-refractivity contribution in [2.45, 2.75) is 6.92 Å². The molecule has 0 unspecified atom stereocenters. The summed E-state index contributed by atoms with van der Waals surface area (Å²) in [6.45, 7) is 2.98. The standard InChI is InChI=1S/C26H26ClN3O7S/c1-16-4-3-5-18(10-16)28-22(31)15-37-24-19(27)11-17(12-20(24)35-2)13-21-25(33)30(26(34)38-21)14-23(32)29-6-8-36-9-7-29/h3-5,10-13H,6-9,14-15H2,1-2H3,(H,28,31)/b21-13-. The van der Waals surface area contributed by atoms with E-state index < -0.39 is 11.1 Å². The lowest BCUT2D eigenvalue weighted by atomic mass is 10.1.